The van der Waals surface area contributed by atoms with Gasteiger partial charge in [0.15, 0.2) is 0 Å². The average molecular weight is 418 g/mol. The Morgan fingerprint density at radius 3 is 1.83 bits per heavy atom. The Kier molecular flexibility index (Phi) is 9.24. The van der Waals surface area contributed by atoms with Crippen molar-refractivity contribution in [1.82, 2.24) is 0 Å². The zero-order valence-corrected chi connectivity index (χ0v) is 20.1. The Bertz CT molecular complexity index is 734. The first-order chi connectivity index (χ1) is 13.0. The summed E-state index contributed by atoms with van der Waals surface area (Å²) in [6, 6.07) is 17.1. The number of para-hydroxylation sites is 1. The van der Waals surface area contributed by atoms with E-state index in [9.17, 15) is 0 Å². The highest BCUT2D eigenvalue weighted by Crippen LogP contribution is 2.35. The summed E-state index contributed by atoms with van der Waals surface area (Å²) in [5.41, 5.74) is 9.39. The predicted octanol–water partition coefficient (Wildman–Crippen LogP) is 7.06. The van der Waals surface area contributed by atoms with Crippen LogP contribution in [-0.2, 0) is 12.0 Å². The van der Waals surface area contributed by atoms with Gasteiger partial charge in [-0.2, -0.15) is 0 Å². The third kappa shape index (κ3) is 7.68. The number of rotatable bonds is 9. The van der Waals surface area contributed by atoms with Crippen LogP contribution < -0.4 is 10.5 Å². The van der Waals surface area contributed by atoms with Gasteiger partial charge in [-0.3, -0.25) is 0 Å². The van der Waals surface area contributed by atoms with Crippen LogP contribution >= 0.6 is 12.4 Å². The fourth-order valence-electron chi connectivity index (χ4n) is 4.16. The molecule has 0 saturated heterocycles. The Balaban J connectivity index is 0.00000420. The lowest BCUT2D eigenvalue weighted by Crippen LogP contribution is -2.41. The fraction of sp³-hybridized carbons (Fsp3) is 0.538. The summed E-state index contributed by atoms with van der Waals surface area (Å²) in [5.74, 6) is 2.12. The van der Waals surface area contributed by atoms with E-state index < -0.39 is 0 Å². The Morgan fingerprint density at radius 2 is 1.38 bits per heavy atom. The second-order valence-electron chi connectivity index (χ2n) is 9.84. The topological polar surface area (TPSA) is 35.2 Å². The van der Waals surface area contributed by atoms with E-state index in [4.69, 9.17) is 10.5 Å². The molecule has 0 unspecified atom stereocenters. The molecular weight excluding hydrogens is 378 g/mol. The SMILES string of the molecule is Cc1ccccc1OC(Cc1ccc(C(C)(C)N)cc1)(CC(C)C)CC(C)C.Cl. The standard InChI is InChI=1S/C26H39NO.ClH/c1-19(2)16-26(17-20(3)4,28-24-11-9-8-10-21(24)5)18-22-12-14-23(15-13-22)25(6,7)27;/h8-15,19-20H,16-18,27H2,1-7H3;1H. The van der Waals surface area contributed by atoms with Gasteiger partial charge in [0.2, 0.25) is 0 Å². The lowest BCUT2D eigenvalue weighted by Gasteiger charge is -2.38. The van der Waals surface area contributed by atoms with Gasteiger partial charge in [0.05, 0.1) is 0 Å². The summed E-state index contributed by atoms with van der Waals surface area (Å²) >= 11 is 0. The molecular formula is C26H40ClNO. The molecule has 2 rings (SSSR count). The van der Waals surface area contributed by atoms with Gasteiger partial charge in [-0.15, -0.1) is 12.4 Å². The summed E-state index contributed by atoms with van der Waals surface area (Å²) < 4.78 is 6.83. The number of hydrogen-bond donors (Lipinski definition) is 1. The largest absolute Gasteiger partial charge is 0.487 e. The second-order valence-corrected chi connectivity index (χ2v) is 9.84. The van der Waals surface area contributed by atoms with E-state index in [1.165, 1.54) is 11.1 Å². The summed E-state index contributed by atoms with van der Waals surface area (Å²) in [5, 5.41) is 0. The molecule has 0 spiro atoms. The second kappa shape index (κ2) is 10.5. The summed E-state index contributed by atoms with van der Waals surface area (Å²) in [4.78, 5) is 0. The van der Waals surface area contributed by atoms with Crippen LogP contribution in [0.1, 0.15) is 71.1 Å². The van der Waals surface area contributed by atoms with Crippen molar-refractivity contribution in [3.8, 4) is 5.75 Å². The number of nitrogens with two attached hydrogens (primary N) is 1. The molecule has 2 aromatic carbocycles. The van der Waals surface area contributed by atoms with Crippen LogP contribution in [-0.4, -0.2) is 5.60 Å². The molecule has 0 radical (unpaired) electrons. The van der Waals surface area contributed by atoms with E-state index in [1.807, 2.05) is 13.8 Å². The third-order valence-electron chi connectivity index (χ3n) is 5.20. The van der Waals surface area contributed by atoms with Gasteiger partial charge in [-0.1, -0.05) is 70.2 Å². The fourth-order valence-corrected chi connectivity index (χ4v) is 4.16. The molecule has 2 nitrogen and oxygen atoms in total. The molecule has 0 heterocycles. The minimum atomic E-state index is -0.316. The zero-order valence-electron chi connectivity index (χ0n) is 19.3. The van der Waals surface area contributed by atoms with Crippen LogP contribution in [0.2, 0.25) is 0 Å². The molecule has 0 aliphatic carbocycles. The van der Waals surface area contributed by atoms with Crippen molar-refractivity contribution in [2.75, 3.05) is 0 Å². The number of halogens is 1. The van der Waals surface area contributed by atoms with Crippen LogP contribution in [0.3, 0.4) is 0 Å². The van der Waals surface area contributed by atoms with E-state index in [-0.39, 0.29) is 23.5 Å². The third-order valence-corrected chi connectivity index (χ3v) is 5.20. The molecule has 0 aliphatic rings. The molecule has 0 aliphatic heterocycles. The molecule has 0 bridgehead atoms. The first kappa shape index (κ1) is 25.5. The predicted molar refractivity (Wildman–Crippen MR) is 128 cm³/mol. The van der Waals surface area contributed by atoms with Gasteiger partial charge in [0.1, 0.15) is 11.4 Å². The van der Waals surface area contributed by atoms with Crippen molar-refractivity contribution < 1.29 is 4.74 Å². The minimum Gasteiger partial charge on any atom is -0.487 e. The van der Waals surface area contributed by atoms with Gasteiger partial charge in [-0.25, -0.2) is 0 Å². The Morgan fingerprint density at radius 1 is 0.862 bits per heavy atom. The number of ether oxygens (including phenoxy) is 1. The molecule has 2 N–H and O–H groups in total. The molecule has 0 saturated carbocycles. The smallest absolute Gasteiger partial charge is 0.123 e. The van der Waals surface area contributed by atoms with Crippen molar-refractivity contribution in [3.63, 3.8) is 0 Å². The van der Waals surface area contributed by atoms with Gasteiger partial charge in [-0.05, 0) is 68.2 Å². The van der Waals surface area contributed by atoms with Crippen molar-refractivity contribution in [2.24, 2.45) is 17.6 Å². The zero-order chi connectivity index (χ0) is 20.9. The van der Waals surface area contributed by atoms with E-state index in [0.29, 0.717) is 11.8 Å². The number of hydrogen-bond acceptors (Lipinski definition) is 2. The monoisotopic (exact) mass is 417 g/mol. The Hall–Kier alpha value is -1.51. The van der Waals surface area contributed by atoms with Gasteiger partial charge in [0, 0.05) is 12.0 Å². The van der Waals surface area contributed by atoms with Crippen LogP contribution in [0, 0.1) is 18.8 Å². The number of benzene rings is 2. The average Bonchev–Trinajstić information content (AvgIpc) is 2.55. The van der Waals surface area contributed by atoms with Crippen molar-refractivity contribution in [3.05, 3.63) is 65.2 Å². The van der Waals surface area contributed by atoms with Crippen molar-refractivity contribution in [1.29, 1.82) is 0 Å². The molecule has 0 atom stereocenters. The lowest BCUT2D eigenvalue weighted by molar-refractivity contribution is 0.0258. The normalized spacial score (nSPS) is 12.2. The van der Waals surface area contributed by atoms with E-state index >= 15 is 0 Å². The van der Waals surface area contributed by atoms with Crippen LogP contribution in [0.25, 0.3) is 0 Å². The van der Waals surface area contributed by atoms with Gasteiger partial charge in [0.25, 0.3) is 0 Å². The van der Waals surface area contributed by atoms with E-state index in [1.54, 1.807) is 0 Å². The Labute approximate surface area is 184 Å². The maximum atomic E-state index is 6.83. The highest BCUT2D eigenvalue weighted by atomic mass is 35.5. The molecule has 162 valence electrons. The van der Waals surface area contributed by atoms with Crippen molar-refractivity contribution in [2.45, 2.75) is 78.9 Å². The summed E-state index contributed by atoms with van der Waals surface area (Å²) in [6.45, 7) is 15.4. The maximum Gasteiger partial charge on any atom is 0.123 e. The minimum absolute atomic E-state index is 0. The van der Waals surface area contributed by atoms with Crippen LogP contribution in [0.15, 0.2) is 48.5 Å². The van der Waals surface area contributed by atoms with Crippen LogP contribution in [0.4, 0.5) is 0 Å². The van der Waals surface area contributed by atoms with Crippen molar-refractivity contribution >= 4 is 12.4 Å². The van der Waals surface area contributed by atoms with E-state index in [0.717, 1.165) is 30.6 Å². The highest BCUT2D eigenvalue weighted by Gasteiger charge is 2.35. The lowest BCUT2D eigenvalue weighted by atomic mass is 9.79. The van der Waals surface area contributed by atoms with Gasteiger partial charge >= 0.3 is 0 Å². The molecule has 29 heavy (non-hydrogen) atoms. The summed E-state index contributed by atoms with van der Waals surface area (Å²) in [6.07, 6.45) is 2.97. The molecule has 3 heteroatoms. The maximum absolute atomic E-state index is 6.83. The molecule has 0 amide bonds. The number of aryl methyl sites for hydroxylation is 1. The van der Waals surface area contributed by atoms with Crippen LogP contribution in [0.5, 0.6) is 5.75 Å². The molecule has 0 aromatic heterocycles. The first-order valence-electron chi connectivity index (χ1n) is 10.6. The molecule has 0 fully saturated rings. The summed E-state index contributed by atoms with van der Waals surface area (Å²) in [7, 11) is 0. The quantitative estimate of drug-likeness (QED) is 0.473. The molecule has 2 aromatic rings. The van der Waals surface area contributed by atoms with E-state index in [2.05, 4.69) is 83.1 Å². The van der Waals surface area contributed by atoms with Gasteiger partial charge < -0.3 is 10.5 Å². The first-order valence-corrected chi connectivity index (χ1v) is 10.6. The highest BCUT2D eigenvalue weighted by molar-refractivity contribution is 5.85.